The van der Waals surface area contributed by atoms with E-state index in [1.165, 1.54) is 0 Å². The van der Waals surface area contributed by atoms with Crippen LogP contribution in [0.5, 0.6) is 5.75 Å². The highest BCUT2D eigenvalue weighted by molar-refractivity contribution is 9.10. The number of hydrogen-bond donors (Lipinski definition) is 1. The maximum absolute atomic E-state index is 12.3. The Labute approximate surface area is 144 Å². The fourth-order valence-corrected chi connectivity index (χ4v) is 3.38. The average molecular weight is 384 g/mol. The van der Waals surface area contributed by atoms with Crippen LogP contribution in [0.1, 0.15) is 31.7 Å². The first kappa shape index (κ1) is 17.8. The molecule has 1 aliphatic heterocycles. The lowest BCUT2D eigenvalue weighted by molar-refractivity contribution is -0.147. The summed E-state index contributed by atoms with van der Waals surface area (Å²) in [5.41, 5.74) is 1.13. The smallest absolute Gasteiger partial charge is 0.308 e. The number of rotatable bonds is 5. The molecule has 0 aromatic heterocycles. The summed E-state index contributed by atoms with van der Waals surface area (Å²) < 4.78 is 6.52. The van der Waals surface area contributed by atoms with Crippen molar-refractivity contribution in [1.29, 1.82) is 0 Å². The lowest BCUT2D eigenvalue weighted by Crippen LogP contribution is -2.47. The summed E-state index contributed by atoms with van der Waals surface area (Å²) in [6.07, 6.45) is 1.61. The fraction of sp³-hybridized carbons (Fsp3) is 0.529. The number of carboxylic acids is 1. The third kappa shape index (κ3) is 4.70. The molecule has 5 nitrogen and oxygen atoms in total. The molecule has 1 aliphatic rings. The number of carbonyl (C=O) groups is 2. The van der Waals surface area contributed by atoms with Crippen LogP contribution >= 0.6 is 15.9 Å². The van der Waals surface area contributed by atoms with Gasteiger partial charge in [-0.25, -0.2) is 0 Å². The first-order valence-electron chi connectivity index (χ1n) is 7.79. The molecule has 126 valence electrons. The summed E-state index contributed by atoms with van der Waals surface area (Å²) in [7, 11) is 0. The molecular formula is C17H22BrNO4. The Balaban J connectivity index is 1.87. The summed E-state index contributed by atoms with van der Waals surface area (Å²) in [5, 5.41) is 9.13. The summed E-state index contributed by atoms with van der Waals surface area (Å²) in [6.45, 7) is 4.53. The Morgan fingerprint density at radius 3 is 2.78 bits per heavy atom. The van der Waals surface area contributed by atoms with Gasteiger partial charge in [0.15, 0.2) is 0 Å². The molecule has 0 bridgehead atoms. The summed E-state index contributed by atoms with van der Waals surface area (Å²) >= 11 is 3.44. The quantitative estimate of drug-likeness (QED) is 0.847. The maximum atomic E-state index is 12.3. The summed E-state index contributed by atoms with van der Waals surface area (Å²) in [6, 6.07) is 5.87. The molecule has 2 rings (SSSR count). The van der Waals surface area contributed by atoms with E-state index in [0.29, 0.717) is 18.7 Å². The summed E-state index contributed by atoms with van der Waals surface area (Å²) in [4.78, 5) is 25.1. The largest absolute Gasteiger partial charge is 0.492 e. The molecule has 1 fully saturated rings. The van der Waals surface area contributed by atoms with Crippen LogP contribution in [0.3, 0.4) is 0 Å². The van der Waals surface area contributed by atoms with Crippen molar-refractivity contribution in [3.8, 4) is 5.75 Å². The predicted octanol–water partition coefficient (Wildman–Crippen LogP) is 3.24. The van der Waals surface area contributed by atoms with E-state index >= 15 is 0 Å². The van der Waals surface area contributed by atoms with E-state index in [1.807, 2.05) is 32.0 Å². The highest BCUT2D eigenvalue weighted by Gasteiger charge is 2.32. The third-order valence-electron chi connectivity index (χ3n) is 4.21. The minimum Gasteiger partial charge on any atom is -0.492 e. The van der Waals surface area contributed by atoms with E-state index in [4.69, 9.17) is 9.84 Å². The van der Waals surface area contributed by atoms with Crippen molar-refractivity contribution in [3.05, 3.63) is 28.2 Å². The van der Waals surface area contributed by atoms with Crippen LogP contribution < -0.4 is 4.74 Å². The molecule has 0 radical (unpaired) electrons. The highest BCUT2D eigenvalue weighted by atomic mass is 79.9. The lowest BCUT2D eigenvalue weighted by Gasteiger charge is -2.36. The minimum absolute atomic E-state index is 0.0494. The number of hydrogen-bond acceptors (Lipinski definition) is 3. The Kier molecular flexibility index (Phi) is 6.04. The Morgan fingerprint density at radius 2 is 2.13 bits per heavy atom. The van der Waals surface area contributed by atoms with Crippen molar-refractivity contribution in [1.82, 2.24) is 4.90 Å². The maximum Gasteiger partial charge on any atom is 0.308 e. The third-order valence-corrected chi connectivity index (χ3v) is 4.83. The number of aryl methyl sites for hydroxylation is 1. The second-order valence-corrected chi connectivity index (χ2v) is 6.89. The van der Waals surface area contributed by atoms with Crippen molar-refractivity contribution in [3.63, 3.8) is 0 Å². The molecule has 0 saturated carbocycles. The van der Waals surface area contributed by atoms with E-state index in [2.05, 4.69) is 15.9 Å². The van der Waals surface area contributed by atoms with Crippen molar-refractivity contribution in [2.75, 3.05) is 13.2 Å². The molecule has 0 aliphatic carbocycles. The van der Waals surface area contributed by atoms with E-state index in [1.54, 1.807) is 4.90 Å². The number of benzene rings is 1. The first-order chi connectivity index (χ1) is 10.9. The molecule has 1 saturated heterocycles. The number of halogens is 1. The van der Waals surface area contributed by atoms with Crippen molar-refractivity contribution in [2.45, 2.75) is 39.2 Å². The molecule has 1 amide bonds. The van der Waals surface area contributed by atoms with E-state index in [-0.39, 0.29) is 25.0 Å². The van der Waals surface area contributed by atoms with Crippen LogP contribution in [0.15, 0.2) is 22.7 Å². The molecule has 23 heavy (non-hydrogen) atoms. The molecule has 1 N–H and O–H groups in total. The predicted molar refractivity (Wildman–Crippen MR) is 90.5 cm³/mol. The van der Waals surface area contributed by atoms with Crippen LogP contribution in [0.4, 0.5) is 0 Å². The van der Waals surface area contributed by atoms with E-state index in [9.17, 15) is 9.59 Å². The number of piperidine rings is 1. The molecule has 1 aromatic carbocycles. The van der Waals surface area contributed by atoms with Crippen LogP contribution in [0.25, 0.3) is 0 Å². The number of likely N-dealkylation sites (tertiary alicyclic amines) is 1. The van der Waals surface area contributed by atoms with Gasteiger partial charge in [-0.05, 0) is 60.3 Å². The molecule has 0 spiro atoms. The van der Waals surface area contributed by atoms with Gasteiger partial charge in [-0.2, -0.15) is 0 Å². The highest BCUT2D eigenvalue weighted by Crippen LogP contribution is 2.26. The van der Waals surface area contributed by atoms with Gasteiger partial charge in [0.05, 0.1) is 23.4 Å². The number of aliphatic carboxylic acids is 1. The van der Waals surface area contributed by atoms with Gasteiger partial charge < -0.3 is 14.7 Å². The SMILES string of the molecule is Cc1ccc(OCCC(=O)N2CC(C(=O)O)CCC2C)c(Br)c1. The number of carboxylic acid groups (broad SMARTS) is 1. The van der Waals surface area contributed by atoms with Crippen molar-refractivity contribution >= 4 is 27.8 Å². The number of carbonyl (C=O) groups excluding carboxylic acids is 1. The van der Waals surface area contributed by atoms with E-state index in [0.717, 1.165) is 16.5 Å². The van der Waals surface area contributed by atoms with Gasteiger partial charge in [0, 0.05) is 12.6 Å². The van der Waals surface area contributed by atoms with Gasteiger partial charge in [-0.15, -0.1) is 0 Å². The van der Waals surface area contributed by atoms with Crippen LogP contribution in [-0.2, 0) is 9.59 Å². The first-order valence-corrected chi connectivity index (χ1v) is 8.59. The van der Waals surface area contributed by atoms with Crippen LogP contribution in [-0.4, -0.2) is 41.1 Å². The zero-order valence-corrected chi connectivity index (χ0v) is 15.0. The molecule has 2 unspecified atom stereocenters. The Morgan fingerprint density at radius 1 is 1.39 bits per heavy atom. The molecular weight excluding hydrogens is 362 g/mol. The number of nitrogens with zero attached hydrogens (tertiary/aromatic N) is 1. The Bertz CT molecular complexity index is 590. The molecule has 1 heterocycles. The monoisotopic (exact) mass is 383 g/mol. The second-order valence-electron chi connectivity index (χ2n) is 6.04. The van der Waals surface area contributed by atoms with Gasteiger partial charge in [0.2, 0.25) is 5.91 Å². The normalized spacial score (nSPS) is 21.1. The van der Waals surface area contributed by atoms with Gasteiger partial charge >= 0.3 is 5.97 Å². The average Bonchev–Trinajstić information content (AvgIpc) is 2.49. The molecule has 2 atom stereocenters. The molecule has 6 heteroatoms. The second kappa shape index (κ2) is 7.81. The van der Waals surface area contributed by atoms with Crippen LogP contribution in [0, 0.1) is 12.8 Å². The lowest BCUT2D eigenvalue weighted by atomic mass is 9.93. The molecule has 1 aromatic rings. The number of amides is 1. The van der Waals surface area contributed by atoms with E-state index < -0.39 is 11.9 Å². The minimum atomic E-state index is -0.825. The topological polar surface area (TPSA) is 66.8 Å². The van der Waals surface area contributed by atoms with Gasteiger partial charge in [0.1, 0.15) is 5.75 Å². The van der Waals surface area contributed by atoms with Gasteiger partial charge in [0.25, 0.3) is 0 Å². The van der Waals surface area contributed by atoms with Gasteiger partial charge in [-0.1, -0.05) is 6.07 Å². The van der Waals surface area contributed by atoms with Crippen LogP contribution in [0.2, 0.25) is 0 Å². The fourth-order valence-electron chi connectivity index (χ4n) is 2.77. The Hall–Kier alpha value is -1.56. The zero-order chi connectivity index (χ0) is 17.0. The van der Waals surface area contributed by atoms with Gasteiger partial charge in [-0.3, -0.25) is 9.59 Å². The number of ether oxygens (including phenoxy) is 1. The standard InChI is InChI=1S/C17H22BrNO4/c1-11-3-6-15(14(18)9-11)23-8-7-16(20)19-10-13(17(21)22)5-4-12(19)2/h3,6,9,12-13H,4-5,7-8,10H2,1-2H3,(H,21,22). The zero-order valence-electron chi connectivity index (χ0n) is 13.4. The van der Waals surface area contributed by atoms with Crippen molar-refractivity contribution < 1.29 is 19.4 Å². The summed E-state index contributed by atoms with van der Waals surface area (Å²) in [5.74, 6) is -0.623. The van der Waals surface area contributed by atoms with Crippen molar-refractivity contribution in [2.24, 2.45) is 5.92 Å².